The van der Waals surface area contributed by atoms with Crippen LogP contribution < -0.4 is 10.2 Å². The zero-order valence-electron chi connectivity index (χ0n) is 22.7. The predicted octanol–water partition coefficient (Wildman–Crippen LogP) is 6.59. The van der Waals surface area contributed by atoms with Crippen molar-refractivity contribution in [2.24, 2.45) is 29.1 Å². The fraction of sp³-hybridized carbons (Fsp3) is 0.677. The lowest BCUT2D eigenvalue weighted by atomic mass is 9.47. The topological polar surface area (TPSA) is 69.6 Å². The van der Waals surface area contributed by atoms with Gasteiger partial charge in [0.15, 0.2) is 0 Å². The van der Waals surface area contributed by atoms with Gasteiger partial charge in [0, 0.05) is 42.5 Å². The Morgan fingerprint density at radius 1 is 1.08 bits per heavy atom. The predicted molar refractivity (Wildman–Crippen MR) is 154 cm³/mol. The number of nitrogens with zero attached hydrogens (tertiary/aromatic N) is 1. The summed E-state index contributed by atoms with van der Waals surface area (Å²) in [6.45, 7) is 6.12. The number of alkyl halides is 2. The molecule has 4 aliphatic rings. The summed E-state index contributed by atoms with van der Waals surface area (Å²) in [5.74, 6) is 1.86. The van der Waals surface area contributed by atoms with Crippen molar-refractivity contribution in [3.8, 4) is 0 Å². The molecule has 3 fully saturated rings. The van der Waals surface area contributed by atoms with E-state index in [9.17, 15) is 14.7 Å². The van der Waals surface area contributed by atoms with Gasteiger partial charge in [0.1, 0.15) is 0 Å². The van der Waals surface area contributed by atoms with Gasteiger partial charge >= 0.3 is 5.97 Å². The Hall–Kier alpha value is -1.72. The third kappa shape index (κ3) is 4.98. The largest absolute Gasteiger partial charge is 0.481 e. The van der Waals surface area contributed by atoms with Gasteiger partial charge in [-0.15, -0.1) is 23.2 Å². The number of rotatable bonds is 8. The number of amides is 1. The highest BCUT2D eigenvalue weighted by atomic mass is 35.5. The third-order valence-corrected chi connectivity index (χ3v) is 11.0. The minimum absolute atomic E-state index is 0.0704. The third-order valence-electron chi connectivity index (χ3n) is 10.7. The highest BCUT2D eigenvalue weighted by molar-refractivity contribution is 6.18. The van der Waals surface area contributed by atoms with Crippen LogP contribution in [0.4, 0.5) is 5.69 Å². The fourth-order valence-corrected chi connectivity index (χ4v) is 9.14. The monoisotopic (exact) mass is 560 g/mol. The zero-order chi connectivity index (χ0) is 27.1. The summed E-state index contributed by atoms with van der Waals surface area (Å²) in [7, 11) is 0. The molecule has 0 spiro atoms. The van der Waals surface area contributed by atoms with Crippen molar-refractivity contribution in [1.29, 1.82) is 0 Å². The molecule has 1 heterocycles. The van der Waals surface area contributed by atoms with Crippen LogP contribution >= 0.6 is 23.2 Å². The number of benzene rings is 1. The number of allylic oxidation sites excluding steroid dienone is 2. The second-order valence-electron chi connectivity index (χ2n) is 12.6. The second-order valence-corrected chi connectivity index (χ2v) is 13.3. The van der Waals surface area contributed by atoms with Crippen LogP contribution in [0.3, 0.4) is 0 Å². The molecule has 0 radical (unpaired) electrons. The maximum Gasteiger partial charge on any atom is 0.311 e. The summed E-state index contributed by atoms with van der Waals surface area (Å²) < 4.78 is 0. The number of fused-ring (bicyclic) bond motifs is 5. The Balaban J connectivity index is 1.35. The van der Waals surface area contributed by atoms with Crippen molar-refractivity contribution in [2.45, 2.75) is 76.7 Å². The SMILES string of the molecule is C[C@]12CC[C@H](C(C(=O)O)c3ccc(N(CCCl)CCCl)cc3)CC1=CC[C@@H]1[C@@H]2CC[C@]2(C)NC(=O)CC[C@@H]12. The molecule has 5 rings (SSSR count). The van der Waals surface area contributed by atoms with Gasteiger partial charge in [0.2, 0.25) is 5.91 Å². The normalized spacial score (nSPS) is 35.2. The number of hydrogen-bond donors (Lipinski definition) is 2. The summed E-state index contributed by atoms with van der Waals surface area (Å²) in [4.78, 5) is 26.9. The smallest absolute Gasteiger partial charge is 0.311 e. The van der Waals surface area contributed by atoms with Crippen molar-refractivity contribution in [1.82, 2.24) is 5.32 Å². The Morgan fingerprint density at radius 3 is 2.45 bits per heavy atom. The highest BCUT2D eigenvalue weighted by Gasteiger charge is 2.56. The van der Waals surface area contributed by atoms with Gasteiger partial charge in [-0.2, -0.15) is 0 Å². The van der Waals surface area contributed by atoms with Crippen molar-refractivity contribution >= 4 is 40.8 Å². The lowest BCUT2D eigenvalue weighted by molar-refractivity contribution is -0.141. The minimum Gasteiger partial charge on any atom is -0.481 e. The quantitative estimate of drug-likeness (QED) is 0.278. The van der Waals surface area contributed by atoms with Crippen molar-refractivity contribution < 1.29 is 14.7 Å². The molecule has 1 aliphatic heterocycles. The van der Waals surface area contributed by atoms with E-state index in [-0.39, 0.29) is 22.8 Å². The number of carbonyl (C=O) groups excluding carboxylic acids is 1. The number of carbonyl (C=O) groups is 2. The maximum atomic E-state index is 12.6. The summed E-state index contributed by atoms with van der Waals surface area (Å²) in [5.41, 5.74) is 3.46. The molecule has 1 unspecified atom stereocenters. The summed E-state index contributed by atoms with van der Waals surface area (Å²) in [6, 6.07) is 8.01. The number of piperidine rings is 1. The van der Waals surface area contributed by atoms with E-state index < -0.39 is 11.9 Å². The molecule has 1 amide bonds. The average molecular weight is 562 g/mol. The van der Waals surface area contributed by atoms with E-state index in [2.05, 4.69) is 30.1 Å². The van der Waals surface area contributed by atoms with E-state index in [0.29, 0.717) is 49.0 Å². The molecular weight excluding hydrogens is 519 g/mol. The number of hydrogen-bond acceptors (Lipinski definition) is 3. The zero-order valence-corrected chi connectivity index (χ0v) is 24.2. The van der Waals surface area contributed by atoms with E-state index in [1.54, 1.807) is 0 Å². The first kappa shape index (κ1) is 27.8. The van der Waals surface area contributed by atoms with Gasteiger partial charge in [-0.1, -0.05) is 30.7 Å². The number of anilines is 1. The van der Waals surface area contributed by atoms with E-state index in [1.807, 2.05) is 24.3 Å². The van der Waals surface area contributed by atoms with Gasteiger partial charge in [-0.25, -0.2) is 0 Å². The van der Waals surface area contributed by atoms with Crippen LogP contribution in [0.1, 0.15) is 76.7 Å². The van der Waals surface area contributed by atoms with Crippen LogP contribution in [0, 0.1) is 29.1 Å². The summed E-state index contributed by atoms with van der Waals surface area (Å²) >= 11 is 12.0. The Bertz CT molecular complexity index is 1070. The van der Waals surface area contributed by atoms with Gasteiger partial charge < -0.3 is 15.3 Å². The average Bonchev–Trinajstić information content (AvgIpc) is 2.88. The van der Waals surface area contributed by atoms with Crippen LogP contribution in [0.2, 0.25) is 0 Å². The minimum atomic E-state index is -0.731. The van der Waals surface area contributed by atoms with Crippen LogP contribution in [0.25, 0.3) is 0 Å². The van der Waals surface area contributed by atoms with Crippen LogP contribution in [-0.2, 0) is 9.59 Å². The molecule has 2 N–H and O–H groups in total. The lowest BCUT2D eigenvalue weighted by Gasteiger charge is -2.60. The number of nitrogens with one attached hydrogen (secondary N) is 1. The Morgan fingerprint density at radius 2 is 1.79 bits per heavy atom. The molecule has 1 aromatic carbocycles. The van der Waals surface area contributed by atoms with E-state index in [0.717, 1.165) is 56.2 Å². The summed E-state index contributed by atoms with van der Waals surface area (Å²) in [6.07, 6.45) is 10.2. The molecule has 1 aromatic rings. The number of aliphatic carboxylic acids is 1. The molecule has 7 heteroatoms. The maximum absolute atomic E-state index is 12.6. The molecule has 7 atom stereocenters. The van der Waals surface area contributed by atoms with E-state index >= 15 is 0 Å². The summed E-state index contributed by atoms with van der Waals surface area (Å²) in [5, 5.41) is 13.7. The van der Waals surface area contributed by atoms with E-state index in [1.165, 1.54) is 5.57 Å². The molecular formula is C31H42Cl2N2O3. The first-order chi connectivity index (χ1) is 18.2. The molecule has 2 saturated carbocycles. The Kier molecular flexibility index (Phi) is 8.09. The molecule has 5 nitrogen and oxygen atoms in total. The van der Waals surface area contributed by atoms with Gasteiger partial charge in [0.05, 0.1) is 5.92 Å². The Labute approximate surface area is 237 Å². The standard InChI is InChI=1S/C31H42Cl2N2O3/c1-30-13-11-21(28(29(37)38)20-3-6-23(7-4-20)35(17-15-32)18-16-33)19-22(30)5-8-24-25(30)12-14-31(2)26(24)9-10-27(36)34-31/h3-7,21,24-26,28H,8-19H2,1-2H3,(H,34,36)(H,37,38)/t21-,24+,25-,26-,28?,30-,31-/m0/s1. The van der Waals surface area contributed by atoms with Gasteiger partial charge in [-0.3, -0.25) is 9.59 Å². The second kappa shape index (κ2) is 11.0. The number of carboxylic acid groups (broad SMARTS) is 1. The van der Waals surface area contributed by atoms with Crippen LogP contribution in [0.5, 0.6) is 0 Å². The fourth-order valence-electron chi connectivity index (χ4n) is 8.73. The van der Waals surface area contributed by atoms with Gasteiger partial charge in [0.25, 0.3) is 0 Å². The molecule has 208 valence electrons. The number of halogens is 2. The molecule has 1 saturated heterocycles. The first-order valence-electron chi connectivity index (χ1n) is 14.4. The van der Waals surface area contributed by atoms with Crippen molar-refractivity contribution in [3.05, 3.63) is 41.5 Å². The lowest BCUT2D eigenvalue weighted by Crippen LogP contribution is -2.62. The van der Waals surface area contributed by atoms with Crippen molar-refractivity contribution in [3.63, 3.8) is 0 Å². The van der Waals surface area contributed by atoms with Crippen molar-refractivity contribution in [2.75, 3.05) is 29.7 Å². The molecule has 38 heavy (non-hydrogen) atoms. The molecule has 3 aliphatic carbocycles. The van der Waals surface area contributed by atoms with Gasteiger partial charge in [-0.05, 0) is 98.7 Å². The van der Waals surface area contributed by atoms with Crippen LogP contribution in [-0.4, -0.2) is 47.4 Å². The molecule has 0 aromatic heterocycles. The van der Waals surface area contributed by atoms with E-state index in [4.69, 9.17) is 23.2 Å². The highest BCUT2D eigenvalue weighted by Crippen LogP contribution is 2.62. The number of carboxylic acids is 1. The molecule has 0 bridgehead atoms. The van der Waals surface area contributed by atoms with Crippen LogP contribution in [0.15, 0.2) is 35.9 Å². The first-order valence-corrected chi connectivity index (χ1v) is 15.5.